The van der Waals surface area contributed by atoms with Crippen LogP contribution in [-0.2, 0) is 20.9 Å². The van der Waals surface area contributed by atoms with Gasteiger partial charge in [0, 0.05) is 0 Å². The molecule has 0 radical (unpaired) electrons. The fraction of sp³-hybridized carbons (Fsp3) is 0.565. The van der Waals surface area contributed by atoms with Gasteiger partial charge in [-0.05, 0) is 55.4 Å². The van der Waals surface area contributed by atoms with E-state index >= 15 is 0 Å². The lowest BCUT2D eigenvalue weighted by Gasteiger charge is -2.45. The summed E-state index contributed by atoms with van der Waals surface area (Å²) in [6.07, 6.45) is 5.95. The van der Waals surface area contributed by atoms with Crippen molar-refractivity contribution in [3.8, 4) is 0 Å². The molecule has 1 aromatic carbocycles. The van der Waals surface area contributed by atoms with Crippen LogP contribution < -0.4 is 0 Å². The molecule has 0 saturated heterocycles. The summed E-state index contributed by atoms with van der Waals surface area (Å²) < 4.78 is 10.1. The Labute approximate surface area is 161 Å². The van der Waals surface area contributed by atoms with Crippen LogP contribution >= 0.6 is 0 Å². The molecule has 0 amide bonds. The van der Waals surface area contributed by atoms with Crippen LogP contribution in [0.3, 0.4) is 0 Å². The van der Waals surface area contributed by atoms with Crippen molar-refractivity contribution in [3.63, 3.8) is 0 Å². The maximum absolute atomic E-state index is 12.6. The first kappa shape index (κ1) is 19.7. The average molecular weight is 370 g/mol. The Morgan fingerprint density at radius 1 is 1.15 bits per heavy atom. The topological polar surface area (TPSA) is 52.6 Å². The highest BCUT2D eigenvalue weighted by molar-refractivity contribution is 5.83. The Bertz CT molecular complexity index is 694. The van der Waals surface area contributed by atoms with Crippen molar-refractivity contribution in [3.05, 3.63) is 47.5 Å². The van der Waals surface area contributed by atoms with Crippen LogP contribution in [0.2, 0.25) is 0 Å². The summed E-state index contributed by atoms with van der Waals surface area (Å²) in [7, 11) is 0. The van der Waals surface area contributed by atoms with E-state index in [0.717, 1.165) is 24.8 Å². The molecule has 1 aromatic rings. The van der Waals surface area contributed by atoms with Gasteiger partial charge in [0.15, 0.2) is 0 Å². The fourth-order valence-corrected chi connectivity index (χ4v) is 4.77. The van der Waals surface area contributed by atoms with Gasteiger partial charge in [-0.3, -0.25) is 4.79 Å². The van der Waals surface area contributed by atoms with Crippen molar-refractivity contribution in [2.45, 2.75) is 53.1 Å². The third-order valence-electron chi connectivity index (χ3n) is 6.42. The lowest BCUT2D eigenvalue weighted by molar-refractivity contribution is -0.147. The summed E-state index contributed by atoms with van der Waals surface area (Å²) in [6.45, 7) is 6.50. The predicted octanol–water partition coefficient (Wildman–Crippen LogP) is 5.52. The first-order valence-corrected chi connectivity index (χ1v) is 10.1. The molecule has 0 aliphatic heterocycles. The Kier molecular flexibility index (Phi) is 6.35. The number of ether oxygens (including phenoxy) is 2. The SMILES string of the molecule is CC1=C[C@H]2[C@@H](CC1)[C@H](C)CC[C@H]2[C@@H](C)C(=O)OC(=O)OCc1ccccc1. The second-order valence-electron chi connectivity index (χ2n) is 8.25. The van der Waals surface area contributed by atoms with Crippen molar-refractivity contribution < 1.29 is 19.1 Å². The van der Waals surface area contributed by atoms with E-state index in [1.54, 1.807) is 0 Å². The Balaban J connectivity index is 1.57. The van der Waals surface area contributed by atoms with E-state index in [9.17, 15) is 9.59 Å². The zero-order chi connectivity index (χ0) is 19.4. The van der Waals surface area contributed by atoms with Crippen LogP contribution in [0.15, 0.2) is 42.0 Å². The molecule has 1 fully saturated rings. The maximum atomic E-state index is 12.6. The van der Waals surface area contributed by atoms with E-state index in [2.05, 4.69) is 19.9 Å². The van der Waals surface area contributed by atoms with Crippen LogP contribution in [-0.4, -0.2) is 12.1 Å². The molecule has 4 heteroatoms. The van der Waals surface area contributed by atoms with Gasteiger partial charge in [-0.2, -0.15) is 0 Å². The largest absolute Gasteiger partial charge is 0.516 e. The van der Waals surface area contributed by atoms with Crippen molar-refractivity contribution in [1.29, 1.82) is 0 Å². The van der Waals surface area contributed by atoms with Crippen LogP contribution in [0.1, 0.15) is 52.0 Å². The molecule has 0 N–H and O–H groups in total. The summed E-state index contributed by atoms with van der Waals surface area (Å²) in [5.74, 6) is 1.18. The van der Waals surface area contributed by atoms with E-state index in [1.165, 1.54) is 12.0 Å². The number of allylic oxidation sites excluding steroid dienone is 2. The van der Waals surface area contributed by atoms with Crippen molar-refractivity contribution in [1.82, 2.24) is 0 Å². The van der Waals surface area contributed by atoms with E-state index in [-0.39, 0.29) is 18.4 Å². The number of hydrogen-bond donors (Lipinski definition) is 0. The zero-order valence-corrected chi connectivity index (χ0v) is 16.5. The van der Waals surface area contributed by atoms with Crippen LogP contribution in [0.5, 0.6) is 0 Å². The third kappa shape index (κ3) is 4.79. The molecule has 0 unspecified atom stereocenters. The number of esters is 1. The van der Waals surface area contributed by atoms with Crippen molar-refractivity contribution in [2.24, 2.45) is 29.6 Å². The Morgan fingerprint density at radius 2 is 1.89 bits per heavy atom. The lowest BCUT2D eigenvalue weighted by atomic mass is 9.60. The van der Waals surface area contributed by atoms with Crippen LogP contribution in [0.4, 0.5) is 4.79 Å². The molecular weight excluding hydrogens is 340 g/mol. The number of hydrogen-bond acceptors (Lipinski definition) is 4. The predicted molar refractivity (Wildman–Crippen MR) is 104 cm³/mol. The molecule has 3 rings (SSSR count). The minimum atomic E-state index is -0.910. The first-order valence-electron chi connectivity index (χ1n) is 10.1. The van der Waals surface area contributed by atoms with Gasteiger partial charge >= 0.3 is 12.1 Å². The highest BCUT2D eigenvalue weighted by Gasteiger charge is 2.42. The summed E-state index contributed by atoms with van der Waals surface area (Å²) in [4.78, 5) is 24.5. The van der Waals surface area contributed by atoms with E-state index in [0.29, 0.717) is 17.8 Å². The lowest BCUT2D eigenvalue weighted by Crippen LogP contribution is -2.40. The standard InChI is InChI=1S/C23H30O4/c1-15-9-11-19-16(2)10-12-20(21(19)13-15)17(3)22(24)27-23(25)26-14-18-7-5-4-6-8-18/h4-8,13,16-17,19-21H,9-12,14H2,1-3H3/t16-,17-,19+,20+,21+/m1/s1. The van der Waals surface area contributed by atoms with Crippen LogP contribution in [0.25, 0.3) is 0 Å². The van der Waals surface area contributed by atoms with Crippen LogP contribution in [0, 0.1) is 29.6 Å². The molecule has 1 saturated carbocycles. The van der Waals surface area contributed by atoms with E-state index in [4.69, 9.17) is 9.47 Å². The van der Waals surface area contributed by atoms with E-state index in [1.807, 2.05) is 37.3 Å². The summed E-state index contributed by atoms with van der Waals surface area (Å²) in [5, 5.41) is 0. The van der Waals surface area contributed by atoms with Crippen molar-refractivity contribution in [2.75, 3.05) is 0 Å². The molecule has 4 nitrogen and oxygen atoms in total. The number of carbonyl (C=O) groups is 2. The van der Waals surface area contributed by atoms with Gasteiger partial charge < -0.3 is 9.47 Å². The van der Waals surface area contributed by atoms with E-state index < -0.39 is 12.1 Å². The highest BCUT2D eigenvalue weighted by Crippen LogP contribution is 2.48. The summed E-state index contributed by atoms with van der Waals surface area (Å²) >= 11 is 0. The van der Waals surface area contributed by atoms with Gasteiger partial charge in [-0.15, -0.1) is 0 Å². The molecular formula is C23H30O4. The normalized spacial score (nSPS) is 28.5. The minimum Gasteiger partial charge on any atom is -0.429 e. The Hall–Kier alpha value is -2.10. The number of fused-ring (bicyclic) bond motifs is 1. The maximum Gasteiger partial charge on any atom is 0.516 e. The molecule has 0 bridgehead atoms. The van der Waals surface area contributed by atoms with Gasteiger partial charge in [0.25, 0.3) is 0 Å². The smallest absolute Gasteiger partial charge is 0.429 e. The van der Waals surface area contributed by atoms with Gasteiger partial charge in [-0.25, -0.2) is 4.79 Å². The second kappa shape index (κ2) is 8.73. The molecule has 27 heavy (non-hydrogen) atoms. The molecule has 2 aliphatic carbocycles. The van der Waals surface area contributed by atoms with Gasteiger partial charge in [0.1, 0.15) is 6.61 Å². The highest BCUT2D eigenvalue weighted by atomic mass is 16.7. The summed E-state index contributed by atoms with van der Waals surface area (Å²) in [6, 6.07) is 9.36. The zero-order valence-electron chi connectivity index (χ0n) is 16.5. The summed E-state index contributed by atoms with van der Waals surface area (Å²) in [5.41, 5.74) is 2.28. The fourth-order valence-electron chi connectivity index (χ4n) is 4.77. The van der Waals surface area contributed by atoms with Crippen molar-refractivity contribution >= 4 is 12.1 Å². The van der Waals surface area contributed by atoms with Gasteiger partial charge in [-0.1, -0.05) is 62.2 Å². The first-order chi connectivity index (χ1) is 13.0. The number of rotatable bonds is 4. The molecule has 5 atom stereocenters. The monoisotopic (exact) mass is 370 g/mol. The minimum absolute atomic E-state index is 0.106. The Morgan fingerprint density at radius 3 is 2.63 bits per heavy atom. The quantitative estimate of drug-likeness (QED) is 0.398. The third-order valence-corrected chi connectivity index (χ3v) is 6.42. The molecule has 146 valence electrons. The van der Waals surface area contributed by atoms with Gasteiger partial charge in [0.05, 0.1) is 5.92 Å². The second-order valence-corrected chi connectivity index (χ2v) is 8.25. The number of carbonyl (C=O) groups excluding carboxylic acids is 2. The molecule has 0 heterocycles. The molecule has 0 aromatic heterocycles. The number of benzene rings is 1. The van der Waals surface area contributed by atoms with Gasteiger partial charge in [0.2, 0.25) is 0 Å². The average Bonchev–Trinajstić information content (AvgIpc) is 2.67. The molecule has 2 aliphatic rings. The molecule has 0 spiro atoms.